The number of benzene rings is 2. The highest BCUT2D eigenvalue weighted by Crippen LogP contribution is 2.50. The summed E-state index contributed by atoms with van der Waals surface area (Å²) in [7, 11) is 0. The van der Waals surface area contributed by atoms with Gasteiger partial charge in [0.15, 0.2) is 0 Å². The third-order valence-corrected chi connectivity index (χ3v) is 5.83. The highest BCUT2D eigenvalue weighted by molar-refractivity contribution is 5.91. The molecule has 1 aliphatic heterocycles. The summed E-state index contributed by atoms with van der Waals surface area (Å²) in [6, 6.07) is 17.1. The molecule has 4 rings (SSSR count). The topological polar surface area (TPSA) is 20.3 Å². The number of carbonyl (C=O) groups excluding carboxylic acids is 1. The van der Waals surface area contributed by atoms with Gasteiger partial charge in [0.05, 0.1) is 5.41 Å². The molecular weight excluding hydrogens is 313 g/mol. The zero-order valence-corrected chi connectivity index (χ0v) is 14.5. The largest absolute Gasteiger partial charge is 0.342 e. The first-order valence-electron chi connectivity index (χ1n) is 9.27. The molecule has 0 N–H and O–H groups in total. The molecule has 1 saturated carbocycles. The maximum absolute atomic E-state index is 13.2. The third-order valence-electron chi connectivity index (χ3n) is 5.83. The fraction of sp³-hybridized carbons (Fsp3) is 0.409. The van der Waals surface area contributed by atoms with Crippen LogP contribution in [0.15, 0.2) is 54.6 Å². The molecule has 0 aromatic heterocycles. The Morgan fingerprint density at radius 3 is 2.24 bits per heavy atom. The predicted octanol–water partition coefficient (Wildman–Crippen LogP) is 4.34. The van der Waals surface area contributed by atoms with Crippen LogP contribution in [0, 0.1) is 11.7 Å². The molecule has 130 valence electrons. The second-order valence-electron chi connectivity index (χ2n) is 7.51. The molecule has 3 heteroatoms. The Hall–Kier alpha value is -2.16. The average molecular weight is 337 g/mol. The molecule has 0 atom stereocenters. The Kier molecular flexibility index (Phi) is 4.32. The van der Waals surface area contributed by atoms with Gasteiger partial charge in [-0.3, -0.25) is 4.79 Å². The number of rotatable bonds is 4. The number of hydrogen-bond acceptors (Lipinski definition) is 1. The summed E-state index contributed by atoms with van der Waals surface area (Å²) < 4.78 is 13.2. The van der Waals surface area contributed by atoms with E-state index in [0.29, 0.717) is 5.92 Å². The minimum Gasteiger partial charge on any atom is -0.342 e. The zero-order chi connectivity index (χ0) is 17.3. The summed E-state index contributed by atoms with van der Waals surface area (Å²) in [5, 5.41) is 0. The van der Waals surface area contributed by atoms with Gasteiger partial charge in [0, 0.05) is 13.1 Å². The van der Waals surface area contributed by atoms with Gasteiger partial charge in [-0.2, -0.15) is 0 Å². The number of hydrogen-bond donors (Lipinski definition) is 0. The Morgan fingerprint density at radius 1 is 1.00 bits per heavy atom. The summed E-state index contributed by atoms with van der Waals surface area (Å²) in [6.45, 7) is 1.69. The lowest BCUT2D eigenvalue weighted by atomic mass is 9.88. The predicted molar refractivity (Wildman–Crippen MR) is 96.8 cm³/mol. The van der Waals surface area contributed by atoms with Crippen LogP contribution >= 0.6 is 0 Å². The van der Waals surface area contributed by atoms with Crippen molar-refractivity contribution >= 4 is 5.91 Å². The van der Waals surface area contributed by atoms with Crippen molar-refractivity contribution < 1.29 is 9.18 Å². The van der Waals surface area contributed by atoms with Crippen molar-refractivity contribution in [3.63, 3.8) is 0 Å². The molecule has 0 bridgehead atoms. The SMILES string of the molecule is O=C(N1CCC(Cc2ccccc2)CC1)C1(c2ccc(F)cc2)CC1. The summed E-state index contributed by atoms with van der Waals surface area (Å²) in [4.78, 5) is 15.1. The minimum absolute atomic E-state index is 0.242. The fourth-order valence-electron chi connectivity index (χ4n) is 4.11. The van der Waals surface area contributed by atoms with Gasteiger partial charge in [-0.05, 0) is 61.3 Å². The van der Waals surface area contributed by atoms with Gasteiger partial charge >= 0.3 is 0 Å². The quantitative estimate of drug-likeness (QED) is 0.813. The lowest BCUT2D eigenvalue weighted by Crippen LogP contribution is -2.44. The summed E-state index contributed by atoms with van der Waals surface area (Å²) >= 11 is 0. The van der Waals surface area contributed by atoms with E-state index in [-0.39, 0.29) is 17.1 Å². The molecule has 2 aromatic carbocycles. The van der Waals surface area contributed by atoms with Crippen LogP contribution in [-0.4, -0.2) is 23.9 Å². The van der Waals surface area contributed by atoms with Gasteiger partial charge < -0.3 is 4.90 Å². The molecular formula is C22H24FNO. The van der Waals surface area contributed by atoms with E-state index in [1.54, 1.807) is 12.1 Å². The number of piperidine rings is 1. The van der Waals surface area contributed by atoms with Crippen molar-refractivity contribution in [2.45, 2.75) is 37.5 Å². The van der Waals surface area contributed by atoms with Gasteiger partial charge in [-0.15, -0.1) is 0 Å². The van der Waals surface area contributed by atoms with E-state index >= 15 is 0 Å². The van der Waals surface area contributed by atoms with E-state index in [0.717, 1.165) is 50.8 Å². The van der Waals surface area contributed by atoms with Crippen LogP contribution in [0.2, 0.25) is 0 Å². The van der Waals surface area contributed by atoms with E-state index in [1.165, 1.54) is 17.7 Å². The Balaban J connectivity index is 1.37. The van der Waals surface area contributed by atoms with Crippen molar-refractivity contribution in [1.29, 1.82) is 0 Å². The molecule has 2 nitrogen and oxygen atoms in total. The van der Waals surface area contributed by atoms with Crippen LogP contribution in [0.1, 0.15) is 36.8 Å². The van der Waals surface area contributed by atoms with Crippen LogP contribution in [-0.2, 0) is 16.6 Å². The van der Waals surface area contributed by atoms with Crippen molar-refractivity contribution in [3.05, 3.63) is 71.5 Å². The van der Waals surface area contributed by atoms with Crippen molar-refractivity contribution in [2.75, 3.05) is 13.1 Å². The molecule has 1 saturated heterocycles. The monoisotopic (exact) mass is 337 g/mol. The van der Waals surface area contributed by atoms with E-state index in [4.69, 9.17) is 0 Å². The van der Waals surface area contributed by atoms with Gasteiger partial charge in [0.2, 0.25) is 5.91 Å². The number of halogens is 1. The molecule has 2 aliphatic rings. The van der Waals surface area contributed by atoms with E-state index in [1.807, 2.05) is 4.90 Å². The van der Waals surface area contributed by atoms with E-state index in [9.17, 15) is 9.18 Å². The van der Waals surface area contributed by atoms with Gasteiger partial charge in [0.1, 0.15) is 5.82 Å². The van der Waals surface area contributed by atoms with Crippen molar-refractivity contribution in [1.82, 2.24) is 4.90 Å². The molecule has 25 heavy (non-hydrogen) atoms. The molecule has 2 aromatic rings. The maximum atomic E-state index is 13.2. The van der Waals surface area contributed by atoms with Gasteiger partial charge in [0.25, 0.3) is 0 Å². The summed E-state index contributed by atoms with van der Waals surface area (Å²) in [5.74, 6) is 0.665. The van der Waals surface area contributed by atoms with Crippen LogP contribution in [0.3, 0.4) is 0 Å². The fourth-order valence-corrected chi connectivity index (χ4v) is 4.11. The maximum Gasteiger partial charge on any atom is 0.233 e. The normalized spacial score (nSPS) is 19.6. The zero-order valence-electron chi connectivity index (χ0n) is 14.5. The van der Waals surface area contributed by atoms with Gasteiger partial charge in [-0.1, -0.05) is 42.5 Å². The third kappa shape index (κ3) is 3.33. The lowest BCUT2D eigenvalue weighted by molar-refractivity contribution is -0.135. The van der Waals surface area contributed by atoms with E-state index in [2.05, 4.69) is 30.3 Å². The molecule has 1 amide bonds. The molecule has 0 unspecified atom stereocenters. The first-order chi connectivity index (χ1) is 12.2. The van der Waals surface area contributed by atoms with E-state index < -0.39 is 0 Å². The molecule has 1 heterocycles. The highest BCUT2D eigenvalue weighted by Gasteiger charge is 2.53. The molecule has 2 fully saturated rings. The Bertz CT molecular complexity index is 728. The molecule has 0 spiro atoms. The Labute approximate surface area is 148 Å². The smallest absolute Gasteiger partial charge is 0.233 e. The van der Waals surface area contributed by atoms with Crippen LogP contribution in [0.4, 0.5) is 4.39 Å². The number of likely N-dealkylation sites (tertiary alicyclic amines) is 1. The summed E-state index contributed by atoms with van der Waals surface area (Å²) in [5.41, 5.74) is 1.99. The first-order valence-corrected chi connectivity index (χ1v) is 9.27. The standard InChI is InChI=1S/C22H24FNO/c23-20-8-6-19(7-9-20)22(12-13-22)21(25)24-14-10-18(11-15-24)16-17-4-2-1-3-5-17/h1-9,18H,10-16H2. The molecule has 1 aliphatic carbocycles. The lowest BCUT2D eigenvalue weighted by Gasteiger charge is -2.34. The average Bonchev–Trinajstić information content (AvgIpc) is 3.45. The Morgan fingerprint density at radius 2 is 1.64 bits per heavy atom. The molecule has 0 radical (unpaired) electrons. The minimum atomic E-state index is -0.375. The number of carbonyl (C=O) groups is 1. The first kappa shape index (κ1) is 16.3. The van der Waals surface area contributed by atoms with Crippen LogP contribution in [0.25, 0.3) is 0 Å². The van der Waals surface area contributed by atoms with Gasteiger partial charge in [-0.25, -0.2) is 4.39 Å². The van der Waals surface area contributed by atoms with Crippen LogP contribution in [0.5, 0.6) is 0 Å². The second kappa shape index (κ2) is 6.62. The number of amides is 1. The van der Waals surface area contributed by atoms with Crippen molar-refractivity contribution in [2.24, 2.45) is 5.92 Å². The number of nitrogens with zero attached hydrogens (tertiary/aromatic N) is 1. The highest BCUT2D eigenvalue weighted by atomic mass is 19.1. The van der Waals surface area contributed by atoms with Crippen molar-refractivity contribution in [3.8, 4) is 0 Å². The summed E-state index contributed by atoms with van der Waals surface area (Å²) in [6.07, 6.45) is 5.02. The van der Waals surface area contributed by atoms with Crippen LogP contribution < -0.4 is 0 Å². The second-order valence-corrected chi connectivity index (χ2v) is 7.51.